The van der Waals surface area contributed by atoms with E-state index in [-0.39, 0.29) is 0 Å². The molecule has 0 aliphatic carbocycles. The van der Waals surface area contributed by atoms with E-state index in [0.717, 1.165) is 39.6 Å². The van der Waals surface area contributed by atoms with Crippen LogP contribution in [-0.4, -0.2) is 16.6 Å². The first-order valence-electron chi connectivity index (χ1n) is 15.3. The Morgan fingerprint density at radius 2 is 0.978 bits per heavy atom. The number of rotatable bonds is 6. The van der Waals surface area contributed by atoms with Crippen LogP contribution in [0, 0.1) is 0 Å². The zero-order chi connectivity index (χ0) is 30.2. The summed E-state index contributed by atoms with van der Waals surface area (Å²) in [5.74, 6) is 0. The lowest BCUT2D eigenvalue weighted by Gasteiger charge is -2.25. The van der Waals surface area contributed by atoms with Crippen LogP contribution in [0.2, 0.25) is 0 Å². The van der Waals surface area contributed by atoms with Gasteiger partial charge in [-0.05, 0) is 48.0 Å². The minimum atomic E-state index is 0.944. The zero-order valence-electron chi connectivity index (χ0n) is 25.0. The summed E-state index contributed by atoms with van der Waals surface area (Å²) in [4.78, 5) is 7.45. The molecule has 0 atom stereocenters. The molecule has 0 amide bonds. The van der Waals surface area contributed by atoms with Crippen molar-refractivity contribution in [1.82, 2.24) is 9.55 Å². The average Bonchev–Trinajstić information content (AvgIpc) is 3.45. The highest BCUT2D eigenvalue weighted by molar-refractivity contribution is 6.12. The van der Waals surface area contributed by atoms with E-state index in [2.05, 4.69) is 174 Å². The second kappa shape index (κ2) is 11.3. The van der Waals surface area contributed by atoms with E-state index >= 15 is 0 Å². The molecule has 45 heavy (non-hydrogen) atoms. The lowest BCUT2D eigenvalue weighted by atomic mass is 9.99. The van der Waals surface area contributed by atoms with Gasteiger partial charge in [0.05, 0.1) is 28.1 Å². The highest BCUT2D eigenvalue weighted by atomic mass is 15.1. The van der Waals surface area contributed by atoms with Crippen molar-refractivity contribution < 1.29 is 0 Å². The van der Waals surface area contributed by atoms with Crippen molar-refractivity contribution in [3.05, 3.63) is 170 Å². The van der Waals surface area contributed by atoms with Crippen molar-refractivity contribution in [2.75, 3.05) is 11.9 Å². The maximum Gasteiger partial charge on any atom is 0.0730 e. The van der Waals surface area contributed by atoms with Crippen molar-refractivity contribution in [2.24, 2.45) is 0 Å². The number of hydrogen-bond acceptors (Lipinski definition) is 2. The van der Waals surface area contributed by atoms with Crippen LogP contribution < -0.4 is 4.90 Å². The van der Waals surface area contributed by atoms with Crippen molar-refractivity contribution in [1.29, 1.82) is 0 Å². The number of benzene rings is 6. The third-order valence-electron chi connectivity index (χ3n) is 8.59. The van der Waals surface area contributed by atoms with Gasteiger partial charge in [-0.15, -0.1) is 0 Å². The van der Waals surface area contributed by atoms with Crippen LogP contribution >= 0.6 is 0 Å². The molecule has 0 saturated carbocycles. The molecule has 6 aromatic carbocycles. The first-order chi connectivity index (χ1) is 22.2. The molecule has 3 nitrogen and oxygen atoms in total. The zero-order valence-corrected chi connectivity index (χ0v) is 25.0. The van der Waals surface area contributed by atoms with Crippen molar-refractivity contribution >= 4 is 33.2 Å². The summed E-state index contributed by atoms with van der Waals surface area (Å²) in [6, 6.07) is 60.1. The predicted molar refractivity (Wildman–Crippen MR) is 189 cm³/mol. The maximum atomic E-state index is 5.13. The van der Waals surface area contributed by atoms with E-state index in [1.165, 1.54) is 32.9 Å². The predicted octanol–water partition coefficient (Wildman–Crippen LogP) is 10.9. The normalized spacial score (nSPS) is 11.2. The average molecular weight is 578 g/mol. The van der Waals surface area contributed by atoms with Crippen molar-refractivity contribution in [3.63, 3.8) is 0 Å². The standard InChI is InChI=1S/C42H31N3/c1-44(34-26-38(31-18-8-3-9-19-31)43-39(27-34)32-20-10-4-11-21-32)41-29-42-37(28-36(41)30-16-6-2-7-17-30)35-24-14-15-25-40(35)45(42)33-22-12-5-13-23-33/h2-29H,1H3. The molecule has 214 valence electrons. The van der Waals surface area contributed by atoms with Crippen LogP contribution in [0.3, 0.4) is 0 Å². The number of nitrogens with zero attached hydrogens (tertiary/aromatic N) is 3. The number of pyridine rings is 1. The van der Waals surface area contributed by atoms with E-state index in [1.807, 2.05) is 12.1 Å². The molecule has 0 saturated heterocycles. The smallest absolute Gasteiger partial charge is 0.0730 e. The summed E-state index contributed by atoms with van der Waals surface area (Å²) in [5, 5.41) is 2.47. The molecule has 3 heteroatoms. The highest BCUT2D eigenvalue weighted by Crippen LogP contribution is 2.42. The van der Waals surface area contributed by atoms with Crippen molar-refractivity contribution in [2.45, 2.75) is 0 Å². The van der Waals surface area contributed by atoms with Gasteiger partial charge in [-0.1, -0.05) is 127 Å². The van der Waals surface area contributed by atoms with Crippen LogP contribution in [-0.2, 0) is 0 Å². The monoisotopic (exact) mass is 577 g/mol. The van der Waals surface area contributed by atoms with Gasteiger partial charge < -0.3 is 9.47 Å². The molecule has 0 fully saturated rings. The summed E-state index contributed by atoms with van der Waals surface area (Å²) < 4.78 is 2.38. The van der Waals surface area contributed by atoms with Crippen LogP contribution in [0.4, 0.5) is 11.4 Å². The van der Waals surface area contributed by atoms with Crippen molar-refractivity contribution in [3.8, 4) is 39.3 Å². The molecule has 0 bridgehead atoms. The first-order valence-corrected chi connectivity index (χ1v) is 15.3. The Hall–Kier alpha value is -5.93. The van der Waals surface area contributed by atoms with Crippen LogP contribution in [0.25, 0.3) is 61.1 Å². The minimum Gasteiger partial charge on any atom is -0.344 e. The molecule has 0 aliphatic rings. The Kier molecular flexibility index (Phi) is 6.69. The van der Waals surface area contributed by atoms with Gasteiger partial charge in [0, 0.05) is 45.9 Å². The molecule has 0 radical (unpaired) electrons. The lowest BCUT2D eigenvalue weighted by Crippen LogP contribution is -2.12. The fourth-order valence-corrected chi connectivity index (χ4v) is 6.35. The number of fused-ring (bicyclic) bond motifs is 3. The summed E-state index contributed by atoms with van der Waals surface area (Å²) >= 11 is 0. The SMILES string of the molecule is CN(c1cc(-c2ccccc2)nc(-c2ccccc2)c1)c1cc2c(cc1-c1ccccc1)c1ccccc1n2-c1ccccc1. The van der Waals surface area contributed by atoms with Gasteiger partial charge in [-0.2, -0.15) is 0 Å². The molecule has 8 aromatic rings. The quantitative estimate of drug-likeness (QED) is 0.196. The Labute approximate surface area is 263 Å². The third-order valence-corrected chi connectivity index (χ3v) is 8.59. The topological polar surface area (TPSA) is 21.1 Å². The second-order valence-electron chi connectivity index (χ2n) is 11.3. The largest absolute Gasteiger partial charge is 0.344 e. The fraction of sp³-hybridized carbons (Fsp3) is 0.0238. The van der Waals surface area contributed by atoms with Gasteiger partial charge in [0.2, 0.25) is 0 Å². The van der Waals surface area contributed by atoms with Gasteiger partial charge in [0.15, 0.2) is 0 Å². The molecule has 0 spiro atoms. The van der Waals surface area contributed by atoms with E-state index < -0.39 is 0 Å². The Morgan fingerprint density at radius 1 is 0.467 bits per heavy atom. The molecule has 0 N–H and O–H groups in total. The first kappa shape index (κ1) is 26.7. The van der Waals surface area contributed by atoms with Crippen LogP contribution in [0.5, 0.6) is 0 Å². The number of aromatic nitrogens is 2. The molecular weight excluding hydrogens is 546 g/mol. The third kappa shape index (κ3) is 4.85. The van der Waals surface area contributed by atoms with E-state index in [4.69, 9.17) is 4.98 Å². The van der Waals surface area contributed by atoms with Gasteiger partial charge in [0.1, 0.15) is 0 Å². The van der Waals surface area contributed by atoms with E-state index in [9.17, 15) is 0 Å². The van der Waals surface area contributed by atoms with Crippen LogP contribution in [0.1, 0.15) is 0 Å². The molecule has 0 unspecified atom stereocenters. The molecular formula is C42H31N3. The van der Waals surface area contributed by atoms with Gasteiger partial charge in [-0.3, -0.25) is 0 Å². The summed E-state index contributed by atoms with van der Waals surface area (Å²) in [7, 11) is 2.17. The highest BCUT2D eigenvalue weighted by Gasteiger charge is 2.20. The summed E-state index contributed by atoms with van der Waals surface area (Å²) in [5.41, 5.74) is 12.1. The number of anilines is 2. The molecule has 2 aromatic heterocycles. The Bertz CT molecular complexity index is 2200. The lowest BCUT2D eigenvalue weighted by molar-refractivity contribution is 1.16. The molecule has 8 rings (SSSR count). The minimum absolute atomic E-state index is 0.944. The maximum absolute atomic E-state index is 5.13. The second-order valence-corrected chi connectivity index (χ2v) is 11.3. The number of hydrogen-bond donors (Lipinski definition) is 0. The Balaban J connectivity index is 1.40. The van der Waals surface area contributed by atoms with Gasteiger partial charge in [-0.25, -0.2) is 4.98 Å². The van der Waals surface area contributed by atoms with Gasteiger partial charge in [0.25, 0.3) is 0 Å². The Morgan fingerprint density at radius 3 is 1.58 bits per heavy atom. The van der Waals surface area contributed by atoms with E-state index in [0.29, 0.717) is 0 Å². The number of para-hydroxylation sites is 2. The van der Waals surface area contributed by atoms with E-state index in [1.54, 1.807) is 0 Å². The molecule has 2 heterocycles. The summed E-state index contributed by atoms with van der Waals surface area (Å²) in [6.45, 7) is 0. The van der Waals surface area contributed by atoms with Gasteiger partial charge >= 0.3 is 0 Å². The summed E-state index contributed by atoms with van der Waals surface area (Å²) in [6.07, 6.45) is 0. The van der Waals surface area contributed by atoms with Crippen LogP contribution in [0.15, 0.2) is 170 Å². The fourth-order valence-electron chi connectivity index (χ4n) is 6.35. The molecule has 0 aliphatic heterocycles.